The average Bonchev–Trinajstić information content (AvgIpc) is 3.06. The van der Waals surface area contributed by atoms with Crippen molar-refractivity contribution in [1.29, 1.82) is 0 Å². The van der Waals surface area contributed by atoms with Crippen LogP contribution in [0.25, 0.3) is 0 Å². The van der Waals surface area contributed by atoms with E-state index in [4.69, 9.17) is 0 Å². The molecule has 0 saturated heterocycles. The van der Waals surface area contributed by atoms with Crippen molar-refractivity contribution in [2.24, 2.45) is 52.3 Å². The topological polar surface area (TPSA) is 20.2 Å². The van der Waals surface area contributed by atoms with Crippen molar-refractivity contribution < 1.29 is 5.11 Å². The molecule has 30 heavy (non-hydrogen) atoms. The Morgan fingerprint density at radius 1 is 1.03 bits per heavy atom. The van der Waals surface area contributed by atoms with Gasteiger partial charge in [-0.25, -0.2) is 0 Å². The van der Waals surface area contributed by atoms with Crippen LogP contribution in [0.2, 0.25) is 0 Å². The fourth-order valence-corrected chi connectivity index (χ4v) is 8.83. The lowest BCUT2D eigenvalue weighted by atomic mass is 9.47. The Kier molecular flexibility index (Phi) is 6.35. The molecule has 0 unspecified atom stereocenters. The van der Waals surface area contributed by atoms with Crippen molar-refractivity contribution in [3.8, 4) is 0 Å². The predicted molar refractivity (Wildman–Crippen MR) is 128 cm³/mol. The zero-order valence-electron chi connectivity index (χ0n) is 20.7. The molecule has 0 bridgehead atoms. The van der Waals surface area contributed by atoms with Gasteiger partial charge in [-0.05, 0) is 110 Å². The average molecular weight is 413 g/mol. The van der Waals surface area contributed by atoms with Gasteiger partial charge in [0.05, 0.1) is 6.10 Å². The molecule has 3 fully saturated rings. The summed E-state index contributed by atoms with van der Waals surface area (Å²) in [6.45, 7) is 14.8. The molecule has 1 nitrogen and oxygen atoms in total. The van der Waals surface area contributed by atoms with Gasteiger partial charge >= 0.3 is 0 Å². The van der Waals surface area contributed by atoms with Crippen molar-refractivity contribution >= 4 is 0 Å². The highest BCUT2D eigenvalue weighted by Gasteiger charge is 2.58. The Bertz CT molecular complexity index is 674. The molecule has 0 spiro atoms. The molecule has 4 rings (SSSR count). The maximum absolute atomic E-state index is 10.2. The van der Waals surface area contributed by atoms with E-state index in [1.807, 2.05) is 0 Å². The van der Waals surface area contributed by atoms with Gasteiger partial charge in [0.2, 0.25) is 0 Å². The monoisotopic (exact) mass is 412 g/mol. The Morgan fingerprint density at radius 2 is 1.80 bits per heavy atom. The van der Waals surface area contributed by atoms with Crippen molar-refractivity contribution in [3.63, 3.8) is 0 Å². The van der Waals surface area contributed by atoms with E-state index in [0.717, 1.165) is 48.3 Å². The van der Waals surface area contributed by atoms with Gasteiger partial charge in [-0.2, -0.15) is 0 Å². The van der Waals surface area contributed by atoms with Crippen LogP contribution in [0.5, 0.6) is 0 Å². The van der Waals surface area contributed by atoms with Crippen LogP contribution in [-0.4, -0.2) is 11.2 Å². The number of aliphatic hydroxyl groups excluding tert-OH is 1. The van der Waals surface area contributed by atoms with Gasteiger partial charge in [0, 0.05) is 0 Å². The van der Waals surface area contributed by atoms with E-state index in [1.54, 1.807) is 5.57 Å². The summed E-state index contributed by atoms with van der Waals surface area (Å²) < 4.78 is 0. The zero-order chi connectivity index (χ0) is 21.7. The van der Waals surface area contributed by atoms with Gasteiger partial charge in [0.25, 0.3) is 0 Å². The molecule has 0 aromatic rings. The second-order valence-corrected chi connectivity index (χ2v) is 12.4. The lowest BCUT2D eigenvalue weighted by Crippen LogP contribution is -2.50. The fraction of sp³-hybridized carbons (Fsp3) is 0.862. The smallest absolute Gasteiger partial charge is 0.0577 e. The molecular weight excluding hydrogens is 364 g/mol. The van der Waals surface area contributed by atoms with Crippen molar-refractivity contribution in [1.82, 2.24) is 0 Å². The van der Waals surface area contributed by atoms with Crippen LogP contribution < -0.4 is 0 Å². The van der Waals surface area contributed by atoms with E-state index in [9.17, 15) is 5.11 Å². The minimum absolute atomic E-state index is 0.0870. The minimum Gasteiger partial charge on any atom is -0.393 e. The van der Waals surface area contributed by atoms with Crippen molar-refractivity contribution in [3.05, 3.63) is 23.8 Å². The van der Waals surface area contributed by atoms with E-state index in [1.165, 1.54) is 44.9 Å². The van der Waals surface area contributed by atoms with Crippen LogP contribution >= 0.6 is 0 Å². The molecular formula is C29H48O. The highest BCUT2D eigenvalue weighted by molar-refractivity contribution is 5.25. The summed E-state index contributed by atoms with van der Waals surface area (Å²) >= 11 is 0. The van der Waals surface area contributed by atoms with E-state index < -0.39 is 0 Å². The Labute approximate surface area is 186 Å². The maximum Gasteiger partial charge on any atom is 0.0577 e. The first-order chi connectivity index (χ1) is 14.2. The SMILES string of the molecule is CC[C@@H](/C=C/[C@H](C)[C@H]1CC[C@H]2[C@@H]3CC=C4C[C@@H](O)CC[C@]4(C)[C@H]3CC[C@]12C)C(C)C. The third kappa shape index (κ3) is 3.66. The standard InChI is InChI=1S/C29H48O/c1-7-21(19(2)3)9-8-20(4)25-12-13-26-24-11-10-22-18-23(30)14-16-28(22,5)27(24)15-17-29(25,26)6/h8-10,19-21,23-27,30H,7,11-18H2,1-6H3/b9-8+/t20-,21-,23-,24-,25+,26-,27-,28-,29+/m0/s1. The molecule has 170 valence electrons. The fourth-order valence-electron chi connectivity index (χ4n) is 8.83. The van der Waals surface area contributed by atoms with Gasteiger partial charge in [0.15, 0.2) is 0 Å². The van der Waals surface area contributed by atoms with Crippen LogP contribution in [0.4, 0.5) is 0 Å². The number of hydrogen-bond donors (Lipinski definition) is 1. The summed E-state index contributed by atoms with van der Waals surface area (Å²) in [5.74, 6) is 5.70. The molecule has 4 aliphatic carbocycles. The van der Waals surface area contributed by atoms with E-state index in [0.29, 0.717) is 16.7 Å². The van der Waals surface area contributed by atoms with Crippen molar-refractivity contribution in [2.75, 3.05) is 0 Å². The first-order valence-corrected chi connectivity index (χ1v) is 13.3. The summed E-state index contributed by atoms with van der Waals surface area (Å²) in [7, 11) is 0. The minimum atomic E-state index is -0.0870. The molecule has 9 atom stereocenters. The summed E-state index contributed by atoms with van der Waals surface area (Å²) in [6.07, 6.45) is 19.1. The molecule has 0 aromatic heterocycles. The molecule has 0 aliphatic heterocycles. The Morgan fingerprint density at radius 3 is 2.50 bits per heavy atom. The normalized spacial score (nSPS) is 45.6. The molecule has 4 aliphatic rings. The zero-order valence-corrected chi connectivity index (χ0v) is 20.7. The Balaban J connectivity index is 1.52. The third-order valence-corrected chi connectivity index (χ3v) is 10.8. The lowest BCUT2D eigenvalue weighted by Gasteiger charge is -2.58. The van der Waals surface area contributed by atoms with E-state index in [2.05, 4.69) is 59.8 Å². The number of aliphatic hydroxyl groups is 1. The first kappa shape index (κ1) is 22.6. The van der Waals surface area contributed by atoms with Crippen LogP contribution in [0.1, 0.15) is 99.3 Å². The van der Waals surface area contributed by atoms with Gasteiger partial charge in [0.1, 0.15) is 0 Å². The van der Waals surface area contributed by atoms with E-state index in [-0.39, 0.29) is 6.10 Å². The van der Waals surface area contributed by atoms with Crippen LogP contribution in [0.3, 0.4) is 0 Å². The molecule has 1 heteroatoms. The molecule has 0 amide bonds. The highest BCUT2D eigenvalue weighted by atomic mass is 16.3. The Hall–Kier alpha value is -0.560. The van der Waals surface area contributed by atoms with Gasteiger partial charge < -0.3 is 5.11 Å². The largest absolute Gasteiger partial charge is 0.393 e. The van der Waals surface area contributed by atoms with Crippen molar-refractivity contribution in [2.45, 2.75) is 105 Å². The molecule has 3 saturated carbocycles. The van der Waals surface area contributed by atoms with Crippen LogP contribution in [-0.2, 0) is 0 Å². The summed E-state index contributed by atoms with van der Waals surface area (Å²) in [5.41, 5.74) is 2.51. The second kappa shape index (κ2) is 8.42. The van der Waals surface area contributed by atoms with E-state index >= 15 is 0 Å². The molecule has 0 aromatic carbocycles. The van der Waals surface area contributed by atoms with Crippen LogP contribution in [0, 0.1) is 52.3 Å². The molecule has 0 radical (unpaired) electrons. The van der Waals surface area contributed by atoms with Gasteiger partial charge in [-0.15, -0.1) is 0 Å². The molecule has 0 heterocycles. The number of allylic oxidation sites excluding steroid dienone is 3. The lowest BCUT2D eigenvalue weighted by molar-refractivity contribution is -0.0540. The highest BCUT2D eigenvalue weighted by Crippen LogP contribution is 2.67. The summed E-state index contributed by atoms with van der Waals surface area (Å²) in [6, 6.07) is 0. The maximum atomic E-state index is 10.2. The number of rotatable bonds is 5. The summed E-state index contributed by atoms with van der Waals surface area (Å²) in [5, 5.41) is 10.2. The molecule has 1 N–H and O–H groups in total. The van der Waals surface area contributed by atoms with Gasteiger partial charge in [-0.1, -0.05) is 65.3 Å². The van der Waals surface area contributed by atoms with Gasteiger partial charge in [-0.3, -0.25) is 0 Å². The summed E-state index contributed by atoms with van der Waals surface area (Å²) in [4.78, 5) is 0. The van der Waals surface area contributed by atoms with Crippen LogP contribution in [0.15, 0.2) is 23.8 Å². The first-order valence-electron chi connectivity index (χ1n) is 13.3. The number of fused-ring (bicyclic) bond motifs is 5. The quantitative estimate of drug-likeness (QED) is 0.457. The number of hydrogen-bond acceptors (Lipinski definition) is 1. The predicted octanol–water partition coefficient (Wildman–Crippen LogP) is 7.80. The third-order valence-electron chi connectivity index (χ3n) is 10.8. The second-order valence-electron chi connectivity index (χ2n) is 12.4.